The lowest BCUT2D eigenvalue weighted by molar-refractivity contribution is 0.290. The molecule has 1 aromatic carbocycles. The lowest BCUT2D eigenvalue weighted by Gasteiger charge is -2.10. The Hall–Kier alpha value is -1.29. The van der Waals surface area contributed by atoms with Crippen molar-refractivity contribution in [3.63, 3.8) is 0 Å². The number of nitrogens with zero attached hydrogens (tertiary/aromatic N) is 2. The molecule has 3 nitrogen and oxygen atoms in total. The molecule has 19 heavy (non-hydrogen) atoms. The lowest BCUT2D eigenvalue weighted by atomic mass is 10.2. The van der Waals surface area contributed by atoms with E-state index in [1.54, 1.807) is 0 Å². The largest absolute Gasteiger partial charge is 0.487 e. The van der Waals surface area contributed by atoms with Crippen LogP contribution in [0, 0.1) is 0 Å². The van der Waals surface area contributed by atoms with Crippen molar-refractivity contribution in [2.24, 2.45) is 0 Å². The third-order valence-electron chi connectivity index (χ3n) is 3.07. The summed E-state index contributed by atoms with van der Waals surface area (Å²) in [7, 11) is 0. The summed E-state index contributed by atoms with van der Waals surface area (Å²) in [5, 5.41) is 5.33. The van der Waals surface area contributed by atoms with Gasteiger partial charge in [-0.1, -0.05) is 41.1 Å². The number of aryl methyl sites for hydroxylation is 2. The number of para-hydroxylation sites is 1. The number of halogens is 1. The Bertz CT molecular complexity index is 537. The van der Waals surface area contributed by atoms with Gasteiger partial charge >= 0.3 is 0 Å². The number of hydrogen-bond acceptors (Lipinski definition) is 2. The van der Waals surface area contributed by atoms with Gasteiger partial charge in [-0.3, -0.25) is 4.68 Å². The maximum Gasteiger partial charge on any atom is 0.130 e. The Morgan fingerprint density at radius 3 is 2.74 bits per heavy atom. The van der Waals surface area contributed by atoms with Crippen molar-refractivity contribution in [3.05, 3.63) is 47.3 Å². The van der Waals surface area contributed by atoms with Gasteiger partial charge in [-0.05, 0) is 25.5 Å². The van der Waals surface area contributed by atoms with Crippen LogP contribution in [-0.2, 0) is 24.9 Å². The highest BCUT2D eigenvalue weighted by Crippen LogP contribution is 2.21. The zero-order chi connectivity index (χ0) is 13.7. The molecule has 0 saturated carbocycles. The Morgan fingerprint density at radius 2 is 2.05 bits per heavy atom. The van der Waals surface area contributed by atoms with Crippen molar-refractivity contribution < 1.29 is 4.74 Å². The molecule has 0 unspecified atom stereocenters. The molecule has 0 N–H and O–H groups in total. The average molecular weight is 323 g/mol. The molecule has 0 spiro atoms. The third-order valence-corrected chi connectivity index (χ3v) is 3.67. The van der Waals surface area contributed by atoms with Gasteiger partial charge < -0.3 is 4.74 Å². The number of ether oxygens (including phenoxy) is 1. The van der Waals surface area contributed by atoms with Crippen molar-refractivity contribution in [1.82, 2.24) is 9.78 Å². The molecule has 0 fully saturated rings. The summed E-state index contributed by atoms with van der Waals surface area (Å²) in [6.07, 6.45) is 0.956. The number of rotatable bonds is 6. The van der Waals surface area contributed by atoms with E-state index >= 15 is 0 Å². The molecule has 1 heterocycles. The number of hydrogen-bond donors (Lipinski definition) is 0. The molecule has 0 saturated heterocycles. The molecular weight excluding hydrogens is 304 g/mol. The summed E-state index contributed by atoms with van der Waals surface area (Å²) < 4.78 is 7.93. The first kappa shape index (κ1) is 14.1. The first-order chi connectivity index (χ1) is 9.28. The highest BCUT2D eigenvalue weighted by atomic mass is 79.9. The van der Waals surface area contributed by atoms with Gasteiger partial charge in [0.1, 0.15) is 12.4 Å². The van der Waals surface area contributed by atoms with Crippen LogP contribution in [0.5, 0.6) is 5.75 Å². The Balaban J connectivity index is 2.11. The van der Waals surface area contributed by atoms with Crippen LogP contribution in [0.4, 0.5) is 0 Å². The SMILES string of the molecule is CCc1cc(COc2ccccc2CBr)n(CC)n1. The van der Waals surface area contributed by atoms with E-state index < -0.39 is 0 Å². The van der Waals surface area contributed by atoms with Crippen LogP contribution in [0.1, 0.15) is 30.8 Å². The standard InChI is InChI=1S/C15H19BrN2O/c1-3-13-9-14(18(4-2)17-13)11-19-15-8-6-5-7-12(15)10-16/h5-9H,3-4,10-11H2,1-2H3. The van der Waals surface area contributed by atoms with Crippen molar-refractivity contribution in [1.29, 1.82) is 0 Å². The molecule has 4 heteroatoms. The summed E-state index contributed by atoms with van der Waals surface area (Å²) in [6.45, 7) is 5.65. The third kappa shape index (κ3) is 3.38. The summed E-state index contributed by atoms with van der Waals surface area (Å²) in [6, 6.07) is 10.2. The maximum absolute atomic E-state index is 5.92. The predicted octanol–water partition coefficient (Wildman–Crippen LogP) is 3.94. The molecule has 2 aromatic rings. The monoisotopic (exact) mass is 322 g/mol. The first-order valence-corrected chi connectivity index (χ1v) is 7.72. The number of benzene rings is 1. The second-order valence-corrected chi connectivity index (χ2v) is 4.89. The topological polar surface area (TPSA) is 27.1 Å². The van der Waals surface area contributed by atoms with E-state index in [-0.39, 0.29) is 0 Å². The van der Waals surface area contributed by atoms with Crippen LogP contribution in [0.3, 0.4) is 0 Å². The van der Waals surface area contributed by atoms with Crippen molar-refractivity contribution in [3.8, 4) is 5.75 Å². The Kier molecular flexibility index (Phi) is 5.02. The van der Waals surface area contributed by atoms with Crippen LogP contribution >= 0.6 is 15.9 Å². The van der Waals surface area contributed by atoms with E-state index in [1.165, 1.54) is 5.56 Å². The molecule has 0 atom stereocenters. The van der Waals surface area contributed by atoms with Crippen LogP contribution in [0.25, 0.3) is 0 Å². The minimum Gasteiger partial charge on any atom is -0.487 e. The van der Waals surface area contributed by atoms with Gasteiger partial charge in [0.2, 0.25) is 0 Å². The Labute approximate surface area is 122 Å². The van der Waals surface area contributed by atoms with Gasteiger partial charge in [-0.25, -0.2) is 0 Å². The van der Waals surface area contributed by atoms with Gasteiger partial charge in [0, 0.05) is 17.4 Å². The molecular formula is C15H19BrN2O. The minimum atomic E-state index is 0.560. The highest BCUT2D eigenvalue weighted by molar-refractivity contribution is 9.08. The smallest absolute Gasteiger partial charge is 0.130 e. The molecule has 0 bridgehead atoms. The average Bonchev–Trinajstić information content (AvgIpc) is 2.87. The molecule has 0 aliphatic heterocycles. The minimum absolute atomic E-state index is 0.560. The van der Waals surface area contributed by atoms with Crippen molar-refractivity contribution in [2.75, 3.05) is 0 Å². The van der Waals surface area contributed by atoms with Crippen LogP contribution in [-0.4, -0.2) is 9.78 Å². The quantitative estimate of drug-likeness (QED) is 0.753. The van der Waals surface area contributed by atoms with Crippen molar-refractivity contribution in [2.45, 2.75) is 38.8 Å². The van der Waals surface area contributed by atoms with E-state index in [0.717, 1.165) is 35.4 Å². The van der Waals surface area contributed by atoms with Crippen molar-refractivity contribution >= 4 is 15.9 Å². The van der Waals surface area contributed by atoms with Crippen LogP contribution < -0.4 is 4.74 Å². The fraction of sp³-hybridized carbons (Fsp3) is 0.400. The highest BCUT2D eigenvalue weighted by Gasteiger charge is 2.07. The first-order valence-electron chi connectivity index (χ1n) is 6.60. The van der Waals surface area contributed by atoms with Gasteiger partial charge in [0.15, 0.2) is 0 Å². The molecule has 0 aliphatic rings. The molecule has 1 aromatic heterocycles. The van der Waals surface area contributed by atoms with E-state index in [9.17, 15) is 0 Å². The normalized spacial score (nSPS) is 10.7. The molecule has 0 amide bonds. The predicted molar refractivity (Wildman–Crippen MR) is 80.7 cm³/mol. The zero-order valence-electron chi connectivity index (χ0n) is 11.4. The number of aromatic nitrogens is 2. The second kappa shape index (κ2) is 6.75. The van der Waals surface area contributed by atoms with E-state index in [0.29, 0.717) is 6.61 Å². The van der Waals surface area contributed by atoms with Crippen LogP contribution in [0.15, 0.2) is 30.3 Å². The molecule has 2 rings (SSSR count). The van der Waals surface area contributed by atoms with Gasteiger partial charge in [-0.2, -0.15) is 5.10 Å². The van der Waals surface area contributed by atoms with E-state index in [1.807, 2.05) is 22.9 Å². The zero-order valence-corrected chi connectivity index (χ0v) is 13.0. The molecule has 0 radical (unpaired) electrons. The van der Waals surface area contributed by atoms with Gasteiger partial charge in [0.25, 0.3) is 0 Å². The lowest BCUT2D eigenvalue weighted by Crippen LogP contribution is -2.06. The van der Waals surface area contributed by atoms with Crippen LogP contribution in [0.2, 0.25) is 0 Å². The maximum atomic E-state index is 5.92. The van der Waals surface area contributed by atoms with Gasteiger partial charge in [0.05, 0.1) is 11.4 Å². The summed E-state index contributed by atoms with van der Waals surface area (Å²) in [5.74, 6) is 0.932. The fourth-order valence-corrected chi connectivity index (χ4v) is 2.45. The summed E-state index contributed by atoms with van der Waals surface area (Å²) in [5.41, 5.74) is 3.42. The van der Waals surface area contributed by atoms with Gasteiger partial charge in [-0.15, -0.1) is 0 Å². The molecule has 0 aliphatic carbocycles. The fourth-order valence-electron chi connectivity index (χ4n) is 1.98. The summed E-state index contributed by atoms with van der Waals surface area (Å²) in [4.78, 5) is 0. The number of alkyl halides is 1. The van der Waals surface area contributed by atoms with E-state index in [4.69, 9.17) is 4.74 Å². The summed E-state index contributed by atoms with van der Waals surface area (Å²) >= 11 is 3.48. The second-order valence-electron chi connectivity index (χ2n) is 4.33. The Morgan fingerprint density at radius 1 is 1.26 bits per heavy atom. The van der Waals surface area contributed by atoms with E-state index in [2.05, 4.69) is 47.0 Å². The molecule has 102 valence electrons.